The van der Waals surface area contributed by atoms with Gasteiger partial charge in [0, 0.05) is 18.3 Å². The molecule has 1 fully saturated rings. The molecule has 1 atom stereocenters. The first-order chi connectivity index (χ1) is 9.74. The minimum atomic E-state index is 0.740. The van der Waals surface area contributed by atoms with Crippen molar-refractivity contribution in [1.29, 1.82) is 0 Å². The molecule has 1 saturated heterocycles. The van der Waals surface area contributed by atoms with Crippen LogP contribution in [0.25, 0.3) is 0 Å². The van der Waals surface area contributed by atoms with Gasteiger partial charge in [0.15, 0.2) is 0 Å². The molecule has 1 aliphatic rings. The van der Waals surface area contributed by atoms with Crippen LogP contribution in [0, 0.1) is 0 Å². The Morgan fingerprint density at radius 1 is 1.35 bits per heavy atom. The van der Waals surface area contributed by atoms with E-state index in [9.17, 15) is 0 Å². The lowest BCUT2D eigenvalue weighted by Gasteiger charge is -2.32. The van der Waals surface area contributed by atoms with Gasteiger partial charge in [-0.05, 0) is 70.0 Å². The lowest BCUT2D eigenvalue weighted by Crippen LogP contribution is -2.36. The minimum Gasteiger partial charge on any atom is -0.497 e. The number of hydrogen-bond acceptors (Lipinski definition) is 3. The zero-order chi connectivity index (χ0) is 14.4. The number of methoxy groups -OCH3 is 1. The monoisotopic (exact) mass is 276 g/mol. The Kier molecular flexibility index (Phi) is 5.72. The van der Waals surface area contributed by atoms with Crippen LogP contribution in [0.2, 0.25) is 0 Å². The largest absolute Gasteiger partial charge is 0.497 e. The molecule has 3 heteroatoms. The molecule has 1 N–H and O–H groups in total. The van der Waals surface area contributed by atoms with Crippen LogP contribution in [0.1, 0.15) is 38.2 Å². The van der Waals surface area contributed by atoms with Crippen molar-refractivity contribution in [1.82, 2.24) is 4.90 Å². The number of likely N-dealkylation sites (tertiary alicyclic amines) is 1. The summed E-state index contributed by atoms with van der Waals surface area (Å²) in [4.78, 5) is 2.52. The highest BCUT2D eigenvalue weighted by Gasteiger charge is 2.19. The van der Waals surface area contributed by atoms with Crippen molar-refractivity contribution in [3.05, 3.63) is 23.8 Å². The minimum absolute atomic E-state index is 0.740. The maximum Gasteiger partial charge on any atom is 0.119 e. The second-order valence-electron chi connectivity index (χ2n) is 5.72. The van der Waals surface area contributed by atoms with Gasteiger partial charge in [-0.15, -0.1) is 0 Å². The molecule has 1 aliphatic heterocycles. The number of benzene rings is 1. The highest BCUT2D eigenvalue weighted by molar-refractivity contribution is 5.54. The van der Waals surface area contributed by atoms with Crippen LogP contribution in [0.15, 0.2) is 18.2 Å². The number of ether oxygens (including phenoxy) is 1. The van der Waals surface area contributed by atoms with Crippen molar-refractivity contribution >= 4 is 5.69 Å². The molecule has 0 bridgehead atoms. The molecule has 1 heterocycles. The molecule has 20 heavy (non-hydrogen) atoms. The summed E-state index contributed by atoms with van der Waals surface area (Å²) < 4.78 is 5.36. The van der Waals surface area contributed by atoms with Crippen LogP contribution in [-0.4, -0.2) is 38.2 Å². The van der Waals surface area contributed by atoms with Gasteiger partial charge in [-0.2, -0.15) is 0 Å². The number of hydrogen-bond donors (Lipinski definition) is 1. The topological polar surface area (TPSA) is 24.5 Å². The number of piperidine rings is 1. The quantitative estimate of drug-likeness (QED) is 0.860. The van der Waals surface area contributed by atoms with E-state index in [0.29, 0.717) is 0 Å². The molecule has 0 amide bonds. The van der Waals surface area contributed by atoms with Crippen molar-refractivity contribution in [2.75, 3.05) is 32.6 Å². The van der Waals surface area contributed by atoms with E-state index in [2.05, 4.69) is 36.3 Å². The molecule has 1 unspecified atom stereocenters. The maximum atomic E-state index is 5.36. The summed E-state index contributed by atoms with van der Waals surface area (Å²) in [5.74, 6) is 0.957. The van der Waals surface area contributed by atoms with Gasteiger partial charge in [0.1, 0.15) is 5.75 Å². The summed E-state index contributed by atoms with van der Waals surface area (Å²) in [6, 6.07) is 7.10. The first-order valence-corrected chi connectivity index (χ1v) is 7.85. The van der Waals surface area contributed by atoms with E-state index in [-0.39, 0.29) is 0 Å². The Labute approximate surface area is 123 Å². The van der Waals surface area contributed by atoms with Crippen LogP contribution < -0.4 is 10.1 Å². The van der Waals surface area contributed by atoms with Crippen LogP contribution in [-0.2, 0) is 6.42 Å². The fourth-order valence-electron chi connectivity index (χ4n) is 3.10. The smallest absolute Gasteiger partial charge is 0.119 e. The lowest BCUT2D eigenvalue weighted by atomic mass is 9.95. The van der Waals surface area contributed by atoms with Gasteiger partial charge in [-0.3, -0.25) is 0 Å². The zero-order valence-corrected chi connectivity index (χ0v) is 13.1. The molecule has 0 aliphatic carbocycles. The van der Waals surface area contributed by atoms with Gasteiger partial charge in [0.2, 0.25) is 0 Å². The van der Waals surface area contributed by atoms with Gasteiger partial charge in [0.25, 0.3) is 0 Å². The summed E-state index contributed by atoms with van der Waals surface area (Å²) in [7, 11) is 4.00. The summed E-state index contributed by atoms with van der Waals surface area (Å²) in [5, 5.41) is 3.46. The van der Waals surface area contributed by atoms with Crippen LogP contribution >= 0.6 is 0 Å². The third-order valence-corrected chi connectivity index (χ3v) is 4.35. The fraction of sp³-hybridized carbons (Fsp3) is 0.647. The molecule has 0 aromatic heterocycles. The van der Waals surface area contributed by atoms with E-state index in [4.69, 9.17) is 4.74 Å². The highest BCUT2D eigenvalue weighted by atomic mass is 16.5. The molecule has 1 aromatic rings. The van der Waals surface area contributed by atoms with E-state index in [1.165, 1.54) is 43.5 Å². The second-order valence-corrected chi connectivity index (χ2v) is 5.72. The normalized spacial score (nSPS) is 19.9. The van der Waals surface area contributed by atoms with Gasteiger partial charge in [0.05, 0.1) is 7.11 Å². The fourth-order valence-corrected chi connectivity index (χ4v) is 3.10. The molecule has 1 aromatic carbocycles. The van der Waals surface area contributed by atoms with E-state index < -0.39 is 0 Å². The zero-order valence-electron chi connectivity index (χ0n) is 13.1. The Bertz CT molecular complexity index is 419. The summed E-state index contributed by atoms with van der Waals surface area (Å²) >= 11 is 0. The second kappa shape index (κ2) is 7.53. The van der Waals surface area contributed by atoms with Crippen molar-refractivity contribution < 1.29 is 4.74 Å². The molecule has 0 saturated carbocycles. The highest BCUT2D eigenvalue weighted by Crippen LogP contribution is 2.26. The van der Waals surface area contributed by atoms with Crippen molar-refractivity contribution in [3.63, 3.8) is 0 Å². The van der Waals surface area contributed by atoms with Crippen LogP contribution in [0.4, 0.5) is 5.69 Å². The lowest BCUT2D eigenvalue weighted by molar-refractivity contribution is 0.176. The summed E-state index contributed by atoms with van der Waals surface area (Å²) in [6.45, 7) is 4.36. The van der Waals surface area contributed by atoms with Crippen molar-refractivity contribution in [3.8, 4) is 5.75 Å². The first kappa shape index (κ1) is 15.2. The number of rotatable bonds is 6. The summed E-state index contributed by atoms with van der Waals surface area (Å²) in [5.41, 5.74) is 2.64. The molecule has 3 nitrogen and oxygen atoms in total. The molecule has 112 valence electrons. The number of anilines is 1. The average molecular weight is 276 g/mol. The van der Waals surface area contributed by atoms with Crippen molar-refractivity contribution in [2.24, 2.45) is 0 Å². The maximum absolute atomic E-state index is 5.36. The SMILES string of the molecule is CCNc1ccc(OC)cc1CCC1CCCCN1C. The Hall–Kier alpha value is -1.22. The van der Waals surface area contributed by atoms with E-state index >= 15 is 0 Å². The molecule has 0 spiro atoms. The van der Waals surface area contributed by atoms with E-state index in [1.807, 2.05) is 6.07 Å². The van der Waals surface area contributed by atoms with E-state index in [0.717, 1.165) is 24.8 Å². The van der Waals surface area contributed by atoms with Crippen LogP contribution in [0.3, 0.4) is 0 Å². The Morgan fingerprint density at radius 2 is 2.20 bits per heavy atom. The third kappa shape index (κ3) is 3.89. The number of aryl methyl sites for hydroxylation is 1. The molecular formula is C17H28N2O. The van der Waals surface area contributed by atoms with Gasteiger partial charge >= 0.3 is 0 Å². The molecule has 2 rings (SSSR count). The van der Waals surface area contributed by atoms with E-state index in [1.54, 1.807) is 7.11 Å². The summed E-state index contributed by atoms with van der Waals surface area (Å²) in [6.07, 6.45) is 6.44. The third-order valence-electron chi connectivity index (χ3n) is 4.35. The van der Waals surface area contributed by atoms with Crippen molar-refractivity contribution in [2.45, 2.75) is 45.1 Å². The Balaban J connectivity index is 2.02. The first-order valence-electron chi connectivity index (χ1n) is 7.85. The number of nitrogens with one attached hydrogen (secondary N) is 1. The van der Waals surface area contributed by atoms with Gasteiger partial charge in [-0.1, -0.05) is 6.42 Å². The predicted molar refractivity (Wildman–Crippen MR) is 85.7 cm³/mol. The standard InChI is InChI=1S/C17H28N2O/c1-4-18-17-11-10-16(20-3)13-14(17)8-9-15-7-5-6-12-19(15)2/h10-11,13,15,18H,4-9,12H2,1-3H3. The Morgan fingerprint density at radius 3 is 2.90 bits per heavy atom. The molecule has 0 radical (unpaired) electrons. The predicted octanol–water partition coefficient (Wildman–Crippen LogP) is 3.54. The van der Waals surface area contributed by atoms with Crippen LogP contribution in [0.5, 0.6) is 5.75 Å². The van der Waals surface area contributed by atoms with Gasteiger partial charge < -0.3 is 15.0 Å². The average Bonchev–Trinajstić information content (AvgIpc) is 2.48. The van der Waals surface area contributed by atoms with Gasteiger partial charge in [-0.25, -0.2) is 0 Å². The number of nitrogens with zero attached hydrogens (tertiary/aromatic N) is 1. The molecular weight excluding hydrogens is 248 g/mol.